The monoisotopic (exact) mass is 347 g/mol. The van der Waals surface area contributed by atoms with Crippen LogP contribution in [0.25, 0.3) is 0 Å². The fourth-order valence-electron chi connectivity index (χ4n) is 2.94. The maximum absolute atomic E-state index is 10.9. The van der Waals surface area contributed by atoms with Gasteiger partial charge in [0.05, 0.1) is 13.2 Å². The largest absolute Gasteiger partial charge is 0.496 e. The van der Waals surface area contributed by atoms with Crippen molar-refractivity contribution >= 4 is 15.9 Å². The third-order valence-electron chi connectivity index (χ3n) is 3.97. The van der Waals surface area contributed by atoms with Crippen LogP contribution < -0.4 is 10.1 Å². The summed E-state index contributed by atoms with van der Waals surface area (Å²) < 4.78 is 6.32. The predicted molar refractivity (Wildman–Crippen MR) is 86.5 cm³/mol. The van der Waals surface area contributed by atoms with Crippen LogP contribution in [0.15, 0.2) is 46.9 Å². The number of benzene rings is 2. The van der Waals surface area contributed by atoms with Gasteiger partial charge in [-0.25, -0.2) is 0 Å². The van der Waals surface area contributed by atoms with Crippen molar-refractivity contribution in [1.82, 2.24) is 5.32 Å². The minimum Gasteiger partial charge on any atom is -0.496 e. The van der Waals surface area contributed by atoms with E-state index in [1.54, 1.807) is 7.11 Å². The second-order valence-corrected chi connectivity index (χ2v) is 6.13. The first-order valence-electron chi connectivity index (χ1n) is 7.03. The molecule has 0 radical (unpaired) electrons. The molecule has 3 nitrogen and oxygen atoms in total. The van der Waals surface area contributed by atoms with E-state index in [1.807, 2.05) is 30.3 Å². The lowest BCUT2D eigenvalue weighted by Crippen LogP contribution is -2.34. The third kappa shape index (κ3) is 2.84. The molecule has 0 aliphatic carbocycles. The number of methoxy groups -OCH3 is 1. The lowest BCUT2D eigenvalue weighted by molar-refractivity contribution is 0.122. The second-order valence-electron chi connectivity index (χ2n) is 5.21. The van der Waals surface area contributed by atoms with E-state index in [4.69, 9.17) is 4.74 Å². The Morgan fingerprint density at radius 2 is 2.10 bits per heavy atom. The zero-order valence-electron chi connectivity index (χ0n) is 11.8. The highest BCUT2D eigenvalue weighted by Gasteiger charge is 2.29. The molecule has 0 bridgehead atoms. The van der Waals surface area contributed by atoms with Crippen molar-refractivity contribution in [2.75, 3.05) is 13.7 Å². The topological polar surface area (TPSA) is 41.5 Å². The number of nitrogens with one attached hydrogen (secondary N) is 1. The van der Waals surface area contributed by atoms with Crippen LogP contribution in [0.5, 0.6) is 5.75 Å². The molecule has 110 valence electrons. The van der Waals surface area contributed by atoms with Crippen molar-refractivity contribution in [2.24, 2.45) is 0 Å². The van der Waals surface area contributed by atoms with E-state index in [0.717, 1.165) is 23.0 Å². The van der Waals surface area contributed by atoms with E-state index in [0.29, 0.717) is 5.75 Å². The summed E-state index contributed by atoms with van der Waals surface area (Å²) >= 11 is 3.46. The quantitative estimate of drug-likeness (QED) is 0.894. The summed E-state index contributed by atoms with van der Waals surface area (Å²) in [6.45, 7) is 0.870. The Kier molecular flexibility index (Phi) is 4.29. The number of rotatable bonds is 3. The minimum atomic E-state index is -0.654. The molecule has 21 heavy (non-hydrogen) atoms. The molecule has 4 heteroatoms. The molecule has 0 amide bonds. The number of halogens is 1. The molecular formula is C17H18BrNO2. The second kappa shape index (κ2) is 6.18. The van der Waals surface area contributed by atoms with Crippen LogP contribution >= 0.6 is 15.9 Å². The molecule has 1 aliphatic rings. The summed E-state index contributed by atoms with van der Waals surface area (Å²) in [6, 6.07) is 13.9. The number of aliphatic hydroxyl groups excluding tert-OH is 1. The van der Waals surface area contributed by atoms with Crippen LogP contribution in [0.2, 0.25) is 0 Å². The van der Waals surface area contributed by atoms with E-state index < -0.39 is 6.10 Å². The van der Waals surface area contributed by atoms with Gasteiger partial charge in [0.2, 0.25) is 0 Å². The maximum atomic E-state index is 10.9. The first-order chi connectivity index (χ1) is 10.2. The highest BCUT2D eigenvalue weighted by atomic mass is 79.9. The molecule has 1 heterocycles. The Morgan fingerprint density at radius 1 is 1.29 bits per heavy atom. The molecule has 2 aromatic carbocycles. The molecule has 2 atom stereocenters. The van der Waals surface area contributed by atoms with E-state index in [2.05, 4.69) is 33.4 Å². The van der Waals surface area contributed by atoms with Gasteiger partial charge in [-0.15, -0.1) is 0 Å². The first kappa shape index (κ1) is 14.6. The molecule has 0 spiro atoms. The molecule has 0 saturated carbocycles. The smallest absolute Gasteiger partial charge is 0.124 e. The van der Waals surface area contributed by atoms with Gasteiger partial charge in [0.15, 0.2) is 0 Å². The van der Waals surface area contributed by atoms with Crippen molar-refractivity contribution in [3.8, 4) is 5.75 Å². The van der Waals surface area contributed by atoms with Gasteiger partial charge in [0, 0.05) is 10.0 Å². The van der Waals surface area contributed by atoms with E-state index >= 15 is 0 Å². The molecule has 1 aliphatic heterocycles. The fraction of sp³-hybridized carbons (Fsp3) is 0.294. The van der Waals surface area contributed by atoms with Crippen molar-refractivity contribution in [3.05, 3.63) is 63.6 Å². The SMILES string of the molecule is COc1ccc(Br)cc1C(O)C1NCCc2ccccc21. The van der Waals surface area contributed by atoms with Gasteiger partial charge in [-0.2, -0.15) is 0 Å². The van der Waals surface area contributed by atoms with Gasteiger partial charge in [-0.3, -0.25) is 0 Å². The number of hydrogen-bond donors (Lipinski definition) is 2. The zero-order chi connectivity index (χ0) is 14.8. The first-order valence-corrected chi connectivity index (χ1v) is 7.82. The molecule has 2 aromatic rings. The number of fused-ring (bicyclic) bond motifs is 1. The van der Waals surface area contributed by atoms with Crippen molar-refractivity contribution in [2.45, 2.75) is 18.6 Å². The highest BCUT2D eigenvalue weighted by molar-refractivity contribution is 9.10. The van der Waals surface area contributed by atoms with Crippen LogP contribution in [-0.4, -0.2) is 18.8 Å². The van der Waals surface area contributed by atoms with E-state index in [9.17, 15) is 5.11 Å². The van der Waals surface area contributed by atoms with Gasteiger partial charge >= 0.3 is 0 Å². The van der Waals surface area contributed by atoms with Gasteiger partial charge in [-0.1, -0.05) is 40.2 Å². The Hall–Kier alpha value is -1.36. The Morgan fingerprint density at radius 3 is 2.90 bits per heavy atom. The van der Waals surface area contributed by atoms with Gasteiger partial charge in [0.25, 0.3) is 0 Å². The van der Waals surface area contributed by atoms with Gasteiger partial charge in [-0.05, 0) is 42.3 Å². The lowest BCUT2D eigenvalue weighted by Gasteiger charge is -2.31. The van der Waals surface area contributed by atoms with Crippen LogP contribution in [0.4, 0.5) is 0 Å². The van der Waals surface area contributed by atoms with Crippen LogP contribution in [-0.2, 0) is 6.42 Å². The van der Waals surface area contributed by atoms with Gasteiger partial charge < -0.3 is 15.2 Å². The summed E-state index contributed by atoms with van der Waals surface area (Å²) in [7, 11) is 1.63. The van der Waals surface area contributed by atoms with Gasteiger partial charge in [0.1, 0.15) is 11.9 Å². The lowest BCUT2D eigenvalue weighted by atomic mass is 9.88. The summed E-state index contributed by atoms with van der Waals surface area (Å²) in [6.07, 6.45) is 0.341. The standard InChI is InChI=1S/C17H18BrNO2/c1-21-15-7-6-12(18)10-14(15)17(20)16-13-5-3-2-4-11(13)8-9-19-16/h2-7,10,16-17,19-20H,8-9H2,1H3. The Balaban J connectivity index is 2.00. The van der Waals surface area contributed by atoms with Crippen LogP contribution in [0, 0.1) is 0 Å². The van der Waals surface area contributed by atoms with Crippen LogP contribution in [0.3, 0.4) is 0 Å². The fourth-order valence-corrected chi connectivity index (χ4v) is 3.31. The molecule has 0 aromatic heterocycles. The molecular weight excluding hydrogens is 330 g/mol. The number of aliphatic hydroxyl groups is 1. The third-order valence-corrected chi connectivity index (χ3v) is 4.47. The Labute approximate surface area is 133 Å². The Bertz CT molecular complexity index is 644. The molecule has 0 saturated heterocycles. The molecule has 3 rings (SSSR count). The normalized spacial score (nSPS) is 18.9. The van der Waals surface area contributed by atoms with Crippen LogP contribution in [0.1, 0.15) is 28.8 Å². The molecule has 2 N–H and O–H groups in total. The van der Waals surface area contributed by atoms with Crippen molar-refractivity contribution < 1.29 is 9.84 Å². The highest BCUT2D eigenvalue weighted by Crippen LogP contribution is 2.38. The maximum Gasteiger partial charge on any atom is 0.124 e. The molecule has 0 fully saturated rings. The summed E-state index contributed by atoms with van der Waals surface area (Å²) in [5.41, 5.74) is 3.26. The van der Waals surface area contributed by atoms with E-state index in [-0.39, 0.29) is 6.04 Å². The predicted octanol–water partition coefficient (Wildman–Crippen LogP) is 3.38. The average molecular weight is 348 g/mol. The zero-order valence-corrected chi connectivity index (χ0v) is 13.4. The minimum absolute atomic E-state index is 0.113. The summed E-state index contributed by atoms with van der Waals surface area (Å²) in [5.74, 6) is 0.704. The van der Waals surface area contributed by atoms with Crippen molar-refractivity contribution in [1.29, 1.82) is 0 Å². The number of ether oxygens (including phenoxy) is 1. The molecule has 2 unspecified atom stereocenters. The average Bonchev–Trinajstić information content (AvgIpc) is 2.53. The van der Waals surface area contributed by atoms with Crippen molar-refractivity contribution in [3.63, 3.8) is 0 Å². The van der Waals surface area contributed by atoms with E-state index in [1.165, 1.54) is 11.1 Å². The number of hydrogen-bond acceptors (Lipinski definition) is 3. The summed E-state index contributed by atoms with van der Waals surface area (Å²) in [5, 5.41) is 14.3. The summed E-state index contributed by atoms with van der Waals surface area (Å²) in [4.78, 5) is 0.